The van der Waals surface area contributed by atoms with Crippen LogP contribution >= 0.6 is 0 Å². The van der Waals surface area contributed by atoms with Crippen LogP contribution in [-0.2, 0) is 19.4 Å². The van der Waals surface area contributed by atoms with Crippen molar-refractivity contribution in [2.45, 2.75) is 25.4 Å². The number of fused-ring (bicyclic) bond motifs is 1. The Balaban J connectivity index is 1.81. The van der Waals surface area contributed by atoms with Crippen LogP contribution in [0.25, 0.3) is 0 Å². The smallest absolute Gasteiger partial charge is 0.126 e. The highest BCUT2D eigenvalue weighted by Crippen LogP contribution is 2.32. The molecule has 0 radical (unpaired) electrons. The Morgan fingerprint density at radius 1 is 1.10 bits per heavy atom. The Morgan fingerprint density at radius 3 is 2.62 bits per heavy atom. The summed E-state index contributed by atoms with van der Waals surface area (Å²) in [5.74, 6) is 1.79. The van der Waals surface area contributed by atoms with Gasteiger partial charge < -0.3 is 14.8 Å². The Bertz CT molecular complexity index is 593. The molecule has 1 aliphatic heterocycles. The second kappa shape index (κ2) is 6.19. The maximum atomic E-state index is 5.55. The summed E-state index contributed by atoms with van der Waals surface area (Å²) >= 11 is 0. The third-order valence-corrected chi connectivity index (χ3v) is 4.09. The molecule has 1 atom stereocenters. The second-order valence-corrected chi connectivity index (χ2v) is 5.44. The van der Waals surface area contributed by atoms with Crippen molar-refractivity contribution in [1.82, 2.24) is 5.32 Å². The highest BCUT2D eigenvalue weighted by Gasteiger charge is 2.22. The fourth-order valence-corrected chi connectivity index (χ4v) is 2.98. The van der Waals surface area contributed by atoms with E-state index in [4.69, 9.17) is 9.47 Å². The van der Waals surface area contributed by atoms with Gasteiger partial charge in [-0.05, 0) is 30.0 Å². The van der Waals surface area contributed by atoms with Crippen molar-refractivity contribution < 1.29 is 9.47 Å². The van der Waals surface area contributed by atoms with Crippen LogP contribution in [0.5, 0.6) is 11.5 Å². The van der Waals surface area contributed by atoms with Crippen molar-refractivity contribution in [2.75, 3.05) is 14.2 Å². The lowest BCUT2D eigenvalue weighted by molar-refractivity contribution is 0.379. The van der Waals surface area contributed by atoms with Gasteiger partial charge in [-0.3, -0.25) is 0 Å². The average molecular weight is 283 g/mol. The predicted octanol–water partition coefficient (Wildman–Crippen LogP) is 2.96. The molecule has 0 spiro atoms. The van der Waals surface area contributed by atoms with E-state index < -0.39 is 0 Å². The van der Waals surface area contributed by atoms with Crippen LogP contribution in [0.15, 0.2) is 42.5 Å². The van der Waals surface area contributed by atoms with Crippen LogP contribution in [0.1, 0.15) is 16.7 Å². The van der Waals surface area contributed by atoms with Crippen molar-refractivity contribution in [3.8, 4) is 11.5 Å². The number of benzene rings is 2. The summed E-state index contributed by atoms with van der Waals surface area (Å²) in [6.45, 7) is 0.862. The molecular formula is C18H21NO2. The Morgan fingerprint density at radius 2 is 1.90 bits per heavy atom. The molecule has 2 aromatic carbocycles. The maximum Gasteiger partial charge on any atom is 0.126 e. The van der Waals surface area contributed by atoms with Crippen molar-refractivity contribution in [2.24, 2.45) is 0 Å². The van der Waals surface area contributed by atoms with E-state index in [1.54, 1.807) is 14.2 Å². The molecule has 3 rings (SSSR count). The summed E-state index contributed by atoms with van der Waals surface area (Å²) < 4.78 is 10.9. The minimum Gasteiger partial charge on any atom is -0.497 e. The van der Waals surface area contributed by atoms with Gasteiger partial charge in [-0.15, -0.1) is 0 Å². The molecule has 3 nitrogen and oxygen atoms in total. The van der Waals surface area contributed by atoms with Gasteiger partial charge in [0.15, 0.2) is 0 Å². The molecule has 3 heteroatoms. The van der Waals surface area contributed by atoms with Gasteiger partial charge in [-0.1, -0.05) is 30.3 Å². The van der Waals surface area contributed by atoms with E-state index in [0.717, 1.165) is 30.9 Å². The highest BCUT2D eigenvalue weighted by molar-refractivity contribution is 5.48. The van der Waals surface area contributed by atoms with Gasteiger partial charge in [0.2, 0.25) is 0 Å². The number of hydrogen-bond acceptors (Lipinski definition) is 3. The summed E-state index contributed by atoms with van der Waals surface area (Å²) in [6, 6.07) is 15.1. The number of nitrogens with one attached hydrogen (secondary N) is 1. The lowest BCUT2D eigenvalue weighted by Gasteiger charge is -2.28. The average Bonchev–Trinajstić information content (AvgIpc) is 2.54. The molecule has 1 aliphatic rings. The van der Waals surface area contributed by atoms with Gasteiger partial charge in [0.05, 0.1) is 14.2 Å². The van der Waals surface area contributed by atoms with Crippen molar-refractivity contribution in [1.29, 1.82) is 0 Å². The number of ether oxygens (including phenoxy) is 2. The van der Waals surface area contributed by atoms with Gasteiger partial charge in [0, 0.05) is 24.2 Å². The van der Waals surface area contributed by atoms with Crippen LogP contribution in [0.3, 0.4) is 0 Å². The molecule has 0 aliphatic carbocycles. The largest absolute Gasteiger partial charge is 0.497 e. The third-order valence-electron chi connectivity index (χ3n) is 4.09. The molecule has 0 amide bonds. The van der Waals surface area contributed by atoms with Gasteiger partial charge in [0.25, 0.3) is 0 Å². The Labute approximate surface area is 125 Å². The van der Waals surface area contributed by atoms with Crippen LogP contribution in [-0.4, -0.2) is 20.3 Å². The number of methoxy groups -OCH3 is 2. The topological polar surface area (TPSA) is 30.5 Å². The van der Waals surface area contributed by atoms with Gasteiger partial charge >= 0.3 is 0 Å². The second-order valence-electron chi connectivity index (χ2n) is 5.44. The van der Waals surface area contributed by atoms with Crippen molar-refractivity contribution in [3.05, 3.63) is 59.2 Å². The van der Waals surface area contributed by atoms with E-state index in [1.165, 1.54) is 16.7 Å². The zero-order chi connectivity index (χ0) is 14.7. The summed E-state index contributed by atoms with van der Waals surface area (Å²) in [4.78, 5) is 0. The van der Waals surface area contributed by atoms with Gasteiger partial charge in [-0.2, -0.15) is 0 Å². The maximum absolute atomic E-state index is 5.55. The van der Waals surface area contributed by atoms with E-state index in [0.29, 0.717) is 6.04 Å². The SMILES string of the molecule is COc1cc2c(c(OC)c1)CC(Cc1ccccc1)NC2. The molecule has 110 valence electrons. The molecule has 21 heavy (non-hydrogen) atoms. The summed E-state index contributed by atoms with van der Waals surface area (Å²) in [7, 11) is 3.42. The molecule has 0 fully saturated rings. The first-order valence-electron chi connectivity index (χ1n) is 7.31. The molecule has 0 aromatic heterocycles. The molecule has 1 heterocycles. The van der Waals surface area contributed by atoms with Crippen molar-refractivity contribution >= 4 is 0 Å². The van der Waals surface area contributed by atoms with Crippen molar-refractivity contribution in [3.63, 3.8) is 0 Å². The summed E-state index contributed by atoms with van der Waals surface area (Å²) in [5.41, 5.74) is 3.94. The van der Waals surface area contributed by atoms with Crippen LogP contribution in [0.2, 0.25) is 0 Å². The quantitative estimate of drug-likeness (QED) is 0.936. The predicted molar refractivity (Wildman–Crippen MR) is 84.0 cm³/mol. The van der Waals surface area contributed by atoms with Crippen LogP contribution in [0, 0.1) is 0 Å². The van der Waals surface area contributed by atoms with Crippen LogP contribution < -0.4 is 14.8 Å². The fraction of sp³-hybridized carbons (Fsp3) is 0.333. The Kier molecular flexibility index (Phi) is 4.11. The van der Waals surface area contributed by atoms with E-state index in [2.05, 4.69) is 41.7 Å². The summed E-state index contributed by atoms with van der Waals surface area (Å²) in [6.07, 6.45) is 2.02. The molecule has 1 N–H and O–H groups in total. The highest BCUT2D eigenvalue weighted by atomic mass is 16.5. The molecule has 0 bridgehead atoms. The minimum atomic E-state index is 0.446. The number of rotatable bonds is 4. The lowest BCUT2D eigenvalue weighted by Crippen LogP contribution is -2.37. The first kappa shape index (κ1) is 14.0. The molecule has 2 aromatic rings. The molecule has 0 saturated carbocycles. The van der Waals surface area contributed by atoms with Gasteiger partial charge in [-0.25, -0.2) is 0 Å². The van der Waals surface area contributed by atoms with Gasteiger partial charge in [0.1, 0.15) is 11.5 Å². The summed E-state index contributed by atoms with van der Waals surface area (Å²) in [5, 5.41) is 3.62. The molecule has 1 unspecified atom stereocenters. The third kappa shape index (κ3) is 3.03. The number of hydrogen-bond donors (Lipinski definition) is 1. The first-order valence-corrected chi connectivity index (χ1v) is 7.31. The fourth-order valence-electron chi connectivity index (χ4n) is 2.98. The van der Waals surface area contributed by atoms with E-state index in [9.17, 15) is 0 Å². The zero-order valence-corrected chi connectivity index (χ0v) is 12.6. The van der Waals surface area contributed by atoms with E-state index >= 15 is 0 Å². The monoisotopic (exact) mass is 283 g/mol. The normalized spacial score (nSPS) is 17.1. The standard InChI is InChI=1S/C18H21NO2/c1-20-16-9-14-12-19-15(8-13-6-4-3-5-7-13)10-17(14)18(11-16)21-2/h3-7,9,11,15,19H,8,10,12H2,1-2H3. The molecule has 0 saturated heterocycles. The Hall–Kier alpha value is -2.00. The zero-order valence-electron chi connectivity index (χ0n) is 12.6. The van der Waals surface area contributed by atoms with Crippen LogP contribution in [0.4, 0.5) is 0 Å². The van der Waals surface area contributed by atoms with E-state index in [1.807, 2.05) is 6.07 Å². The minimum absolute atomic E-state index is 0.446. The lowest BCUT2D eigenvalue weighted by atomic mass is 9.91. The van der Waals surface area contributed by atoms with E-state index in [-0.39, 0.29) is 0 Å². The molecular weight excluding hydrogens is 262 g/mol. The first-order chi connectivity index (χ1) is 10.3.